The lowest BCUT2D eigenvalue weighted by molar-refractivity contribution is -0.137. The zero-order chi connectivity index (χ0) is 29.6. The molecule has 2 amide bonds. The number of anilines is 1. The van der Waals surface area contributed by atoms with E-state index in [0.717, 1.165) is 5.56 Å². The van der Waals surface area contributed by atoms with E-state index in [0.29, 0.717) is 46.4 Å². The van der Waals surface area contributed by atoms with E-state index in [4.69, 9.17) is 19.1 Å². The number of aliphatic carboxylic acids is 1. The predicted molar refractivity (Wildman–Crippen MR) is 153 cm³/mol. The highest BCUT2D eigenvalue weighted by molar-refractivity contribution is 7.79. The number of rotatable bonds is 16. The molecule has 13 heteroatoms. The van der Waals surface area contributed by atoms with Crippen LogP contribution in [0.4, 0.5) is 5.69 Å². The van der Waals surface area contributed by atoms with Crippen LogP contribution < -0.4 is 19.7 Å². The van der Waals surface area contributed by atoms with Crippen molar-refractivity contribution in [1.29, 1.82) is 0 Å². The number of nitrogens with one attached hydrogen (secondary N) is 1. The van der Waals surface area contributed by atoms with Gasteiger partial charge in [-0.05, 0) is 48.7 Å². The summed E-state index contributed by atoms with van der Waals surface area (Å²) in [5, 5.41) is 11.4. The third-order valence-electron chi connectivity index (χ3n) is 5.94. The molecule has 0 bridgehead atoms. The van der Waals surface area contributed by atoms with Gasteiger partial charge in [0.15, 0.2) is 11.1 Å². The molecule has 0 fully saturated rings. The Morgan fingerprint density at radius 3 is 2.41 bits per heavy atom. The molecular formula is C28H31N2O9S2+. The third-order valence-corrected chi connectivity index (χ3v) is 6.79. The van der Waals surface area contributed by atoms with Gasteiger partial charge in [0.1, 0.15) is 24.7 Å². The number of hydrogen-bond acceptors (Lipinski definition) is 7. The predicted octanol–water partition coefficient (Wildman–Crippen LogP) is 2.49. The van der Waals surface area contributed by atoms with Crippen LogP contribution in [-0.2, 0) is 47.9 Å². The van der Waals surface area contributed by atoms with Crippen LogP contribution in [-0.4, -0.2) is 62.9 Å². The Balaban J connectivity index is 1.80. The van der Waals surface area contributed by atoms with Crippen molar-refractivity contribution in [1.82, 2.24) is 5.32 Å². The van der Waals surface area contributed by atoms with E-state index in [1.165, 1.54) is 0 Å². The number of hydrogen-bond donors (Lipinski definition) is 3. The Morgan fingerprint density at radius 2 is 1.68 bits per heavy atom. The smallest absolute Gasteiger partial charge is 0.462 e. The summed E-state index contributed by atoms with van der Waals surface area (Å²) < 4.78 is 42.0. The molecule has 3 rings (SSSR count). The lowest BCUT2D eigenvalue weighted by Gasteiger charge is -2.27. The van der Waals surface area contributed by atoms with Crippen LogP contribution >= 0.6 is 0 Å². The largest absolute Gasteiger partial charge is 0.492 e. The van der Waals surface area contributed by atoms with Crippen LogP contribution in [0.3, 0.4) is 0 Å². The molecule has 1 unspecified atom stereocenters. The first-order chi connectivity index (χ1) is 19.8. The van der Waals surface area contributed by atoms with Crippen LogP contribution in [0.2, 0.25) is 0 Å². The van der Waals surface area contributed by atoms with Gasteiger partial charge < -0.3 is 29.3 Å². The molecule has 3 N–H and O–H groups in total. The molecular weight excluding hydrogens is 572 g/mol. The first kappa shape index (κ1) is 31.7. The van der Waals surface area contributed by atoms with Crippen molar-refractivity contribution >= 4 is 46.2 Å². The number of benzene rings is 2. The summed E-state index contributed by atoms with van der Waals surface area (Å²) in [7, 11) is 0. The molecule has 1 atom stereocenters. The van der Waals surface area contributed by atoms with Crippen molar-refractivity contribution in [2.24, 2.45) is 0 Å². The molecule has 0 aromatic heterocycles. The van der Waals surface area contributed by atoms with Crippen molar-refractivity contribution in [3.05, 3.63) is 53.1 Å². The Labute approximate surface area is 244 Å². The number of ether oxygens (including phenoxy) is 2. The maximum atomic E-state index is 13.6. The molecule has 2 aromatic rings. The summed E-state index contributed by atoms with van der Waals surface area (Å²) in [6, 6.07) is 10.4. The number of carbonyl (C=O) groups is 3. The van der Waals surface area contributed by atoms with Gasteiger partial charge in [0, 0.05) is 47.2 Å². The molecule has 11 nitrogen and oxygen atoms in total. The highest BCUT2D eigenvalue weighted by Crippen LogP contribution is 2.31. The number of carboxylic acids is 1. The van der Waals surface area contributed by atoms with E-state index < -0.39 is 17.0 Å². The van der Waals surface area contributed by atoms with Crippen molar-refractivity contribution < 1.29 is 41.9 Å². The molecule has 0 spiro atoms. The highest BCUT2D eigenvalue weighted by Gasteiger charge is 2.23. The molecule has 2 aromatic carbocycles. The van der Waals surface area contributed by atoms with Gasteiger partial charge in [-0.1, -0.05) is 11.8 Å². The number of carboxylic acid groups (broad SMARTS) is 1. The van der Waals surface area contributed by atoms with Crippen LogP contribution in [0, 0.1) is 11.8 Å². The second kappa shape index (κ2) is 16.4. The minimum Gasteiger partial charge on any atom is -0.492 e. The fourth-order valence-electron chi connectivity index (χ4n) is 3.97. The minimum absolute atomic E-state index is 0.00821. The maximum Gasteiger partial charge on any atom is 0.462 e. The molecule has 0 saturated heterocycles. The molecule has 218 valence electrons. The standard InChI is InChI=1S/C28H30N2O9S2/c31-26(29-12-2-5-28(33)34)3-1-4-27(32)30-19-22-17-23(38-13-15-40-35)10-8-20(22)6-7-21-9-11-24(18-25(21)30)39-14-16-41(36)37/h8-11,17-18H,1-5,12-16,19H2,(H2-,29,31,33,34,36,37)/p+1. The van der Waals surface area contributed by atoms with E-state index >= 15 is 0 Å². The van der Waals surface area contributed by atoms with Crippen molar-refractivity contribution in [3.63, 3.8) is 0 Å². The second-order valence-electron chi connectivity index (χ2n) is 8.97. The molecule has 0 aliphatic carbocycles. The molecule has 1 aliphatic heterocycles. The first-order valence-electron chi connectivity index (χ1n) is 12.9. The van der Waals surface area contributed by atoms with Gasteiger partial charge in [0.2, 0.25) is 11.8 Å². The lowest BCUT2D eigenvalue weighted by atomic mass is 10.0. The zero-order valence-electron chi connectivity index (χ0n) is 22.3. The quantitative estimate of drug-likeness (QED) is 0.113. The second-order valence-corrected chi connectivity index (χ2v) is 10.7. The lowest BCUT2D eigenvalue weighted by Crippen LogP contribution is -2.32. The monoisotopic (exact) mass is 603 g/mol. The third kappa shape index (κ3) is 10.6. The van der Waals surface area contributed by atoms with Crippen molar-refractivity contribution in [2.75, 3.05) is 36.2 Å². The number of fused-ring (bicyclic) bond motifs is 2. The Morgan fingerprint density at radius 1 is 0.976 bits per heavy atom. The molecule has 41 heavy (non-hydrogen) atoms. The van der Waals surface area contributed by atoms with E-state index in [9.17, 15) is 22.8 Å². The van der Waals surface area contributed by atoms with E-state index in [1.54, 1.807) is 41.3 Å². The molecule has 0 saturated carbocycles. The van der Waals surface area contributed by atoms with Crippen LogP contribution in [0.15, 0.2) is 36.4 Å². The van der Waals surface area contributed by atoms with Gasteiger partial charge >= 0.3 is 17.6 Å². The summed E-state index contributed by atoms with van der Waals surface area (Å²) in [5.74, 6) is 5.98. The maximum absolute atomic E-state index is 13.6. The number of nitrogens with zero attached hydrogens (tertiary/aromatic N) is 1. The van der Waals surface area contributed by atoms with Gasteiger partial charge in [-0.2, -0.15) is 0 Å². The Bertz CT molecular complexity index is 1350. The summed E-state index contributed by atoms with van der Waals surface area (Å²) >= 11 is -1.57. The fraction of sp³-hybridized carbons (Fsp3) is 0.393. The molecule has 1 aliphatic rings. The highest BCUT2D eigenvalue weighted by atomic mass is 32.2. The van der Waals surface area contributed by atoms with Crippen molar-refractivity contribution in [3.8, 4) is 23.3 Å². The number of carbonyl (C=O) groups excluding carboxylic acids is 2. The summed E-state index contributed by atoms with van der Waals surface area (Å²) in [4.78, 5) is 37.9. The van der Waals surface area contributed by atoms with E-state index in [-0.39, 0.29) is 75.3 Å². The first-order valence-corrected chi connectivity index (χ1v) is 15.1. The SMILES string of the molecule is O=[S+]CCOc1ccc2c(c1)CN(C(=O)CCCC(=O)NCCCC(=O)O)c1cc(OCCS(=O)O)ccc1C#C2. The van der Waals surface area contributed by atoms with E-state index in [2.05, 4.69) is 17.2 Å². The van der Waals surface area contributed by atoms with Gasteiger partial charge in [-0.15, -0.1) is 0 Å². The summed E-state index contributed by atoms with van der Waals surface area (Å²) in [5.41, 5.74) is 2.54. The molecule has 1 heterocycles. The van der Waals surface area contributed by atoms with Gasteiger partial charge in [0.05, 0.1) is 18.0 Å². The average molecular weight is 604 g/mol. The zero-order valence-corrected chi connectivity index (χ0v) is 23.9. The fourth-order valence-corrected chi connectivity index (χ4v) is 4.35. The average Bonchev–Trinajstić information content (AvgIpc) is 2.92. The number of amides is 2. The van der Waals surface area contributed by atoms with Crippen molar-refractivity contribution in [2.45, 2.75) is 38.6 Å². The minimum atomic E-state index is -2.01. The van der Waals surface area contributed by atoms with Gasteiger partial charge in [-0.25, -0.2) is 4.21 Å². The van der Waals surface area contributed by atoms with Gasteiger partial charge in [-0.3, -0.25) is 14.4 Å². The molecule has 0 radical (unpaired) electrons. The summed E-state index contributed by atoms with van der Waals surface area (Å²) in [6.45, 7) is 0.656. The van der Waals surface area contributed by atoms with Crippen LogP contribution in [0.25, 0.3) is 0 Å². The van der Waals surface area contributed by atoms with Gasteiger partial charge in [0.25, 0.3) is 5.75 Å². The Hall–Kier alpha value is -3.86. The topological polar surface area (TPSA) is 160 Å². The van der Waals surface area contributed by atoms with Crippen LogP contribution in [0.1, 0.15) is 48.8 Å². The normalized spacial score (nSPS) is 12.4. The summed E-state index contributed by atoms with van der Waals surface area (Å²) in [6.07, 6.45) is 0.738. The van der Waals surface area contributed by atoms with E-state index in [1.807, 2.05) is 0 Å². The Kier molecular flexibility index (Phi) is 12.7. The van der Waals surface area contributed by atoms with Crippen LogP contribution in [0.5, 0.6) is 11.5 Å².